The first-order valence-corrected chi connectivity index (χ1v) is 7.77. The second-order valence-corrected chi connectivity index (χ2v) is 5.82. The van der Waals surface area contributed by atoms with Crippen LogP contribution in [0.5, 0.6) is 0 Å². The van der Waals surface area contributed by atoms with Gasteiger partial charge in [0.25, 0.3) is 0 Å². The Bertz CT molecular complexity index is 756. The summed E-state index contributed by atoms with van der Waals surface area (Å²) in [6.45, 7) is 1.46. The fraction of sp³-hybridized carbons (Fsp3) is 0.111. The largest absolute Gasteiger partial charge is 0.460 e. The number of halogens is 3. The van der Waals surface area contributed by atoms with Crippen molar-refractivity contribution in [2.45, 2.75) is 13.1 Å². The molecule has 1 N–H and O–H groups in total. The van der Waals surface area contributed by atoms with E-state index >= 15 is 0 Å². The molecule has 0 unspecified atom stereocenters. The van der Waals surface area contributed by atoms with Crippen LogP contribution in [-0.2, 0) is 13.1 Å². The quantitative estimate of drug-likeness (QED) is 0.600. The molecule has 0 bridgehead atoms. The summed E-state index contributed by atoms with van der Waals surface area (Å²) in [6, 6.07) is 19.5. The standard InChI is InChI=1S/C18H15Cl2NO.ClH/c19-14-6-8-17(20)16(10-14)18-9-7-15(22-18)12-21-11-13-4-2-1-3-5-13;/h1-10,21H,11-12H2;1H. The van der Waals surface area contributed by atoms with Gasteiger partial charge in [0, 0.05) is 17.1 Å². The Kier molecular flexibility index (Phi) is 6.55. The van der Waals surface area contributed by atoms with Crippen LogP contribution in [0.15, 0.2) is 65.1 Å². The van der Waals surface area contributed by atoms with Gasteiger partial charge in [-0.2, -0.15) is 0 Å². The average Bonchev–Trinajstić information content (AvgIpc) is 2.99. The number of benzene rings is 2. The fourth-order valence-electron chi connectivity index (χ4n) is 2.23. The van der Waals surface area contributed by atoms with Crippen molar-refractivity contribution in [2.24, 2.45) is 0 Å². The third-order valence-corrected chi connectivity index (χ3v) is 3.89. The van der Waals surface area contributed by atoms with Crippen molar-refractivity contribution in [1.29, 1.82) is 0 Å². The highest BCUT2D eigenvalue weighted by Crippen LogP contribution is 2.31. The van der Waals surface area contributed by atoms with Gasteiger partial charge in [-0.25, -0.2) is 0 Å². The normalized spacial score (nSPS) is 10.3. The van der Waals surface area contributed by atoms with E-state index in [1.807, 2.05) is 36.4 Å². The molecule has 2 nitrogen and oxygen atoms in total. The maximum absolute atomic E-state index is 6.19. The van der Waals surface area contributed by atoms with Gasteiger partial charge in [0.15, 0.2) is 0 Å². The Balaban J connectivity index is 0.00000192. The minimum absolute atomic E-state index is 0. The average molecular weight is 369 g/mol. The maximum Gasteiger partial charge on any atom is 0.135 e. The molecule has 0 fully saturated rings. The molecule has 2 aromatic carbocycles. The van der Waals surface area contributed by atoms with Gasteiger partial charge >= 0.3 is 0 Å². The molecule has 5 heteroatoms. The molecule has 0 aliphatic heterocycles. The van der Waals surface area contributed by atoms with E-state index < -0.39 is 0 Å². The first-order chi connectivity index (χ1) is 10.7. The molecule has 0 radical (unpaired) electrons. The molecule has 1 aromatic heterocycles. The summed E-state index contributed by atoms with van der Waals surface area (Å²) >= 11 is 12.2. The number of hydrogen-bond donors (Lipinski definition) is 1. The SMILES string of the molecule is Cl.Clc1ccc(Cl)c(-c2ccc(CNCc3ccccc3)o2)c1. The first kappa shape index (κ1) is 17.9. The van der Waals surface area contributed by atoms with Gasteiger partial charge in [0.1, 0.15) is 11.5 Å². The smallest absolute Gasteiger partial charge is 0.135 e. The molecule has 0 amide bonds. The highest BCUT2D eigenvalue weighted by Gasteiger charge is 2.09. The second-order valence-electron chi connectivity index (χ2n) is 4.98. The van der Waals surface area contributed by atoms with Gasteiger partial charge in [-0.1, -0.05) is 53.5 Å². The van der Waals surface area contributed by atoms with Crippen molar-refractivity contribution in [3.8, 4) is 11.3 Å². The summed E-state index contributed by atoms with van der Waals surface area (Å²) < 4.78 is 5.84. The van der Waals surface area contributed by atoms with E-state index in [0.29, 0.717) is 16.6 Å². The van der Waals surface area contributed by atoms with E-state index in [4.69, 9.17) is 27.6 Å². The van der Waals surface area contributed by atoms with Gasteiger partial charge in [-0.15, -0.1) is 12.4 Å². The maximum atomic E-state index is 6.19. The zero-order valence-corrected chi connectivity index (χ0v) is 14.6. The van der Waals surface area contributed by atoms with Gasteiger partial charge in [-0.3, -0.25) is 0 Å². The lowest BCUT2D eigenvalue weighted by molar-refractivity contribution is 0.493. The molecule has 0 aliphatic rings. The van der Waals surface area contributed by atoms with Crippen molar-refractivity contribution >= 4 is 35.6 Å². The van der Waals surface area contributed by atoms with E-state index in [2.05, 4.69) is 17.4 Å². The van der Waals surface area contributed by atoms with Gasteiger partial charge in [-0.05, 0) is 35.9 Å². The zero-order chi connectivity index (χ0) is 15.4. The topological polar surface area (TPSA) is 25.2 Å². The van der Waals surface area contributed by atoms with Crippen LogP contribution in [0.25, 0.3) is 11.3 Å². The molecule has 0 saturated carbocycles. The van der Waals surface area contributed by atoms with E-state index in [1.165, 1.54) is 5.56 Å². The summed E-state index contributed by atoms with van der Waals surface area (Å²) in [5, 5.41) is 4.62. The van der Waals surface area contributed by atoms with Crippen molar-refractivity contribution in [1.82, 2.24) is 5.32 Å². The van der Waals surface area contributed by atoms with E-state index in [1.54, 1.807) is 12.1 Å². The fourth-order valence-corrected chi connectivity index (χ4v) is 2.61. The summed E-state index contributed by atoms with van der Waals surface area (Å²) in [7, 11) is 0. The summed E-state index contributed by atoms with van der Waals surface area (Å²) in [6.07, 6.45) is 0. The molecule has 3 aromatic rings. The van der Waals surface area contributed by atoms with Crippen LogP contribution in [0, 0.1) is 0 Å². The van der Waals surface area contributed by atoms with E-state index in [9.17, 15) is 0 Å². The summed E-state index contributed by atoms with van der Waals surface area (Å²) in [5.41, 5.74) is 2.05. The van der Waals surface area contributed by atoms with Crippen molar-refractivity contribution < 1.29 is 4.42 Å². The Labute approximate surface area is 151 Å². The molecule has 0 spiro atoms. The van der Waals surface area contributed by atoms with E-state index in [0.717, 1.165) is 23.6 Å². The van der Waals surface area contributed by atoms with Crippen LogP contribution in [0.1, 0.15) is 11.3 Å². The van der Waals surface area contributed by atoms with Crippen LogP contribution in [0.4, 0.5) is 0 Å². The predicted molar refractivity (Wildman–Crippen MR) is 98.4 cm³/mol. The first-order valence-electron chi connectivity index (χ1n) is 7.01. The Morgan fingerprint density at radius 2 is 1.65 bits per heavy atom. The Morgan fingerprint density at radius 1 is 0.870 bits per heavy atom. The number of hydrogen-bond acceptors (Lipinski definition) is 2. The molecule has 1 heterocycles. The molecular weight excluding hydrogens is 353 g/mol. The van der Waals surface area contributed by atoms with Gasteiger partial charge < -0.3 is 9.73 Å². The van der Waals surface area contributed by atoms with Crippen LogP contribution < -0.4 is 5.32 Å². The summed E-state index contributed by atoms with van der Waals surface area (Å²) in [4.78, 5) is 0. The monoisotopic (exact) mass is 367 g/mol. The van der Waals surface area contributed by atoms with Crippen LogP contribution in [-0.4, -0.2) is 0 Å². The Morgan fingerprint density at radius 3 is 2.43 bits per heavy atom. The highest BCUT2D eigenvalue weighted by atomic mass is 35.5. The van der Waals surface area contributed by atoms with Crippen molar-refractivity contribution in [3.05, 3.63) is 82.0 Å². The minimum atomic E-state index is 0. The predicted octanol–water partition coefficient (Wildman–Crippen LogP) is 5.97. The lowest BCUT2D eigenvalue weighted by Gasteiger charge is -2.04. The van der Waals surface area contributed by atoms with Crippen LogP contribution in [0.2, 0.25) is 10.0 Å². The van der Waals surface area contributed by atoms with E-state index in [-0.39, 0.29) is 12.4 Å². The number of nitrogens with one attached hydrogen (secondary N) is 1. The third-order valence-electron chi connectivity index (χ3n) is 3.33. The minimum Gasteiger partial charge on any atom is -0.460 e. The second kappa shape index (κ2) is 8.42. The van der Waals surface area contributed by atoms with Crippen LogP contribution in [0.3, 0.4) is 0 Å². The van der Waals surface area contributed by atoms with Crippen molar-refractivity contribution in [2.75, 3.05) is 0 Å². The van der Waals surface area contributed by atoms with Gasteiger partial charge in [0.05, 0.1) is 11.6 Å². The number of rotatable bonds is 5. The molecule has 0 saturated heterocycles. The molecule has 0 atom stereocenters. The third kappa shape index (κ3) is 4.76. The molecular formula is C18H16Cl3NO. The van der Waals surface area contributed by atoms with Gasteiger partial charge in [0.2, 0.25) is 0 Å². The molecule has 120 valence electrons. The molecule has 0 aliphatic carbocycles. The number of furan rings is 1. The van der Waals surface area contributed by atoms with Crippen LogP contribution >= 0.6 is 35.6 Å². The molecule has 23 heavy (non-hydrogen) atoms. The molecule has 3 rings (SSSR count). The highest BCUT2D eigenvalue weighted by molar-refractivity contribution is 6.35. The lowest BCUT2D eigenvalue weighted by Crippen LogP contribution is -2.11. The lowest BCUT2D eigenvalue weighted by atomic mass is 10.2. The summed E-state index contributed by atoms with van der Waals surface area (Å²) in [5.74, 6) is 1.59. The zero-order valence-electron chi connectivity index (χ0n) is 12.3. The Hall–Kier alpha value is -1.45. The van der Waals surface area contributed by atoms with Crippen molar-refractivity contribution in [3.63, 3.8) is 0 Å².